The molecule has 3 aliphatic rings. The lowest BCUT2D eigenvalue weighted by Gasteiger charge is -2.38. The molecule has 0 N–H and O–H groups in total. The van der Waals surface area contributed by atoms with E-state index in [1.807, 2.05) is 36.5 Å². The largest absolute Gasteiger partial charge is 0.574 e. The Hall–Kier alpha value is -1.05. The summed E-state index contributed by atoms with van der Waals surface area (Å²) < 4.78 is 28.3. The minimum atomic E-state index is -0.491. The van der Waals surface area contributed by atoms with Gasteiger partial charge in [-0.1, -0.05) is 85.6 Å². The van der Waals surface area contributed by atoms with E-state index in [1.165, 1.54) is 89.9 Å². The molecule has 4 heterocycles. The summed E-state index contributed by atoms with van der Waals surface area (Å²) in [4.78, 5) is 2.81. The minimum absolute atomic E-state index is 0.0359. The SMILES string of the molecule is C=C1OB(c2cc3c(s2)-c2sc(B4OC(C)(C)C(C)(C)O4)cc2C3(CC(CC)CCCC)CC(CC)CCCC)OC1(C)C. The third-order valence-corrected chi connectivity index (χ3v) is 13.6. The van der Waals surface area contributed by atoms with Crippen molar-refractivity contribution in [1.29, 1.82) is 0 Å². The maximum absolute atomic E-state index is 6.62. The van der Waals surface area contributed by atoms with Gasteiger partial charge in [0.1, 0.15) is 5.60 Å². The summed E-state index contributed by atoms with van der Waals surface area (Å²) in [5, 5.41) is 0. The molecule has 4 nitrogen and oxygen atoms in total. The van der Waals surface area contributed by atoms with E-state index in [2.05, 4.69) is 74.1 Å². The molecule has 2 aromatic rings. The van der Waals surface area contributed by atoms with Gasteiger partial charge in [0.25, 0.3) is 0 Å². The molecule has 5 rings (SSSR count). The second-order valence-electron chi connectivity index (χ2n) is 15.2. The fraction of sp³-hybridized carbons (Fsp3) is 0.722. The van der Waals surface area contributed by atoms with Gasteiger partial charge in [-0.3, -0.25) is 0 Å². The molecule has 2 saturated heterocycles. The summed E-state index contributed by atoms with van der Waals surface area (Å²) in [6.45, 7) is 26.3. The molecule has 2 atom stereocenters. The van der Waals surface area contributed by atoms with Crippen LogP contribution in [0.3, 0.4) is 0 Å². The maximum atomic E-state index is 6.62. The van der Waals surface area contributed by atoms with E-state index >= 15 is 0 Å². The zero-order chi connectivity index (χ0) is 32.1. The third kappa shape index (κ3) is 6.17. The highest BCUT2D eigenvalue weighted by Gasteiger charge is 2.55. The number of unbranched alkanes of at least 4 members (excludes halogenated alkanes) is 2. The average molecular weight is 639 g/mol. The van der Waals surface area contributed by atoms with Crippen molar-refractivity contribution in [2.24, 2.45) is 11.8 Å². The molecule has 44 heavy (non-hydrogen) atoms. The number of fused-ring (bicyclic) bond motifs is 3. The second-order valence-corrected chi connectivity index (χ2v) is 17.4. The van der Waals surface area contributed by atoms with Gasteiger partial charge < -0.3 is 18.6 Å². The first kappa shape index (κ1) is 34.3. The highest BCUT2D eigenvalue weighted by atomic mass is 32.1. The molecule has 0 amide bonds. The van der Waals surface area contributed by atoms with Gasteiger partial charge in [-0.25, -0.2) is 0 Å². The van der Waals surface area contributed by atoms with E-state index in [0.29, 0.717) is 17.6 Å². The van der Waals surface area contributed by atoms with Crippen molar-refractivity contribution in [2.45, 2.75) is 156 Å². The standard InChI is InChI=1S/C36H56B2O4S2/c1-12-16-18-25(14-3)22-36(23-26(15-4)19-17-13-2)27-20-29(37-39-24(5)33(6,7)40-37)43-31(27)32-28(36)21-30(44-32)38-41-34(8,9)35(10,11)42-38/h20-21,25-26H,5,12-19,22-23H2,1-4,6-11H3. The summed E-state index contributed by atoms with van der Waals surface area (Å²) in [6, 6.07) is 4.95. The molecule has 0 spiro atoms. The molecule has 2 aliphatic heterocycles. The van der Waals surface area contributed by atoms with Crippen molar-refractivity contribution < 1.29 is 18.6 Å². The number of rotatable bonds is 14. The number of hydrogen-bond acceptors (Lipinski definition) is 6. The Bertz CT molecular complexity index is 1290. The van der Waals surface area contributed by atoms with E-state index in [0.717, 1.165) is 4.78 Å². The van der Waals surface area contributed by atoms with Gasteiger partial charge in [-0.05, 0) is 89.5 Å². The maximum Gasteiger partial charge on any atom is 0.574 e. The van der Waals surface area contributed by atoms with Gasteiger partial charge in [0.05, 0.1) is 21.7 Å². The summed E-state index contributed by atoms with van der Waals surface area (Å²) in [5.41, 5.74) is 1.77. The fourth-order valence-corrected chi connectivity index (χ4v) is 9.94. The smallest absolute Gasteiger partial charge is 0.533 e. The van der Waals surface area contributed by atoms with E-state index in [9.17, 15) is 0 Å². The van der Waals surface area contributed by atoms with Gasteiger partial charge in [-0.15, -0.1) is 22.7 Å². The van der Waals surface area contributed by atoms with Crippen molar-refractivity contribution in [3.63, 3.8) is 0 Å². The van der Waals surface area contributed by atoms with Crippen molar-refractivity contribution in [3.05, 3.63) is 35.6 Å². The highest BCUT2D eigenvalue weighted by molar-refractivity contribution is 7.31. The van der Waals surface area contributed by atoms with Crippen LogP contribution in [0.15, 0.2) is 24.5 Å². The Kier molecular flexibility index (Phi) is 10.0. The van der Waals surface area contributed by atoms with Crippen molar-refractivity contribution in [2.75, 3.05) is 0 Å². The van der Waals surface area contributed by atoms with Crippen molar-refractivity contribution in [1.82, 2.24) is 0 Å². The molecule has 2 fully saturated rings. The molecule has 8 heteroatoms. The van der Waals surface area contributed by atoms with Crippen LogP contribution in [0.1, 0.15) is 145 Å². The van der Waals surface area contributed by atoms with E-state index < -0.39 is 12.7 Å². The lowest BCUT2D eigenvalue weighted by atomic mass is 9.65. The molecular formula is C36H56B2O4S2. The monoisotopic (exact) mass is 638 g/mol. The minimum Gasteiger partial charge on any atom is -0.533 e. The van der Waals surface area contributed by atoms with Crippen LogP contribution in [0, 0.1) is 11.8 Å². The highest BCUT2D eigenvalue weighted by Crippen LogP contribution is 2.59. The van der Waals surface area contributed by atoms with Crippen LogP contribution in [-0.2, 0) is 24.0 Å². The van der Waals surface area contributed by atoms with Crippen LogP contribution >= 0.6 is 22.7 Å². The normalized spacial score (nSPS) is 24.5. The molecule has 2 unspecified atom stereocenters. The third-order valence-electron chi connectivity index (χ3n) is 11.1. The van der Waals surface area contributed by atoms with Crippen LogP contribution in [0.4, 0.5) is 0 Å². The topological polar surface area (TPSA) is 36.9 Å². The Labute approximate surface area is 277 Å². The summed E-state index contributed by atoms with van der Waals surface area (Å²) in [7, 11) is -0.744. The zero-order valence-electron chi connectivity index (χ0n) is 29.2. The fourth-order valence-electron chi connectivity index (χ4n) is 7.35. The lowest BCUT2D eigenvalue weighted by Crippen LogP contribution is -2.41. The Morgan fingerprint density at radius 1 is 0.705 bits per heavy atom. The summed E-state index contributed by atoms with van der Waals surface area (Å²) in [5.74, 6) is 2.07. The van der Waals surface area contributed by atoms with Crippen LogP contribution in [0.2, 0.25) is 0 Å². The molecular weight excluding hydrogens is 582 g/mol. The first-order chi connectivity index (χ1) is 20.7. The first-order valence-corrected chi connectivity index (χ1v) is 19.0. The van der Waals surface area contributed by atoms with Crippen molar-refractivity contribution in [3.8, 4) is 9.75 Å². The molecule has 2 aromatic heterocycles. The van der Waals surface area contributed by atoms with Gasteiger partial charge in [0.15, 0.2) is 0 Å². The van der Waals surface area contributed by atoms with Gasteiger partial charge in [0.2, 0.25) is 0 Å². The zero-order valence-corrected chi connectivity index (χ0v) is 30.8. The number of thiophene rings is 2. The van der Waals surface area contributed by atoms with Crippen molar-refractivity contribution >= 4 is 46.5 Å². The molecule has 0 aromatic carbocycles. The first-order valence-electron chi connectivity index (χ1n) is 17.4. The Balaban J connectivity index is 1.65. The van der Waals surface area contributed by atoms with Crippen LogP contribution in [0.25, 0.3) is 9.75 Å². The predicted molar refractivity (Wildman–Crippen MR) is 191 cm³/mol. The lowest BCUT2D eigenvalue weighted by molar-refractivity contribution is 0.00578. The van der Waals surface area contributed by atoms with Crippen LogP contribution in [0.5, 0.6) is 0 Å². The van der Waals surface area contributed by atoms with Crippen LogP contribution in [-0.4, -0.2) is 31.0 Å². The molecule has 242 valence electrons. The average Bonchev–Trinajstić information content (AvgIpc) is 3.73. The molecule has 1 aliphatic carbocycles. The summed E-state index contributed by atoms with van der Waals surface area (Å²) >= 11 is 3.75. The predicted octanol–water partition coefficient (Wildman–Crippen LogP) is 9.62. The van der Waals surface area contributed by atoms with Crippen LogP contribution < -0.4 is 9.55 Å². The number of hydrogen-bond donors (Lipinski definition) is 0. The van der Waals surface area contributed by atoms with Gasteiger partial charge in [0, 0.05) is 19.9 Å². The molecule has 0 bridgehead atoms. The van der Waals surface area contributed by atoms with E-state index in [4.69, 9.17) is 18.6 Å². The van der Waals surface area contributed by atoms with Gasteiger partial charge >= 0.3 is 14.2 Å². The Morgan fingerprint density at radius 3 is 1.55 bits per heavy atom. The second kappa shape index (κ2) is 12.9. The summed E-state index contributed by atoms with van der Waals surface area (Å²) in [6.07, 6.45) is 12.5. The van der Waals surface area contributed by atoms with E-state index in [1.54, 1.807) is 0 Å². The van der Waals surface area contributed by atoms with E-state index in [-0.39, 0.29) is 23.7 Å². The molecule has 0 saturated carbocycles. The van der Waals surface area contributed by atoms with Gasteiger partial charge in [-0.2, -0.15) is 0 Å². The quantitative estimate of drug-likeness (QED) is 0.193. The molecule has 0 radical (unpaired) electrons. The Morgan fingerprint density at radius 2 is 1.16 bits per heavy atom.